The summed E-state index contributed by atoms with van der Waals surface area (Å²) in [6.07, 6.45) is 5.01. The van der Waals surface area contributed by atoms with E-state index in [4.69, 9.17) is 4.74 Å². The average Bonchev–Trinajstić information content (AvgIpc) is 3.04. The van der Waals surface area contributed by atoms with Gasteiger partial charge in [0.25, 0.3) is 0 Å². The second-order valence-corrected chi connectivity index (χ2v) is 5.57. The highest BCUT2D eigenvalue weighted by Gasteiger charge is 2.24. The number of cyclic esters (lactones) is 1. The third-order valence-corrected chi connectivity index (χ3v) is 3.85. The van der Waals surface area contributed by atoms with E-state index >= 15 is 0 Å². The standard InChI is InChI=1S/C21H14N2O2/c24-21-19(13-15-5-4-12-22-14-15)23-20(25-21)18-10-8-17(9-11-18)16-6-2-1-3-7-16/h1-14H. The van der Waals surface area contributed by atoms with Gasteiger partial charge in [-0.25, -0.2) is 9.79 Å². The molecule has 1 aliphatic heterocycles. The molecule has 4 rings (SSSR count). The number of esters is 1. The van der Waals surface area contributed by atoms with Gasteiger partial charge in [-0.05, 0) is 41.0 Å². The molecule has 0 amide bonds. The van der Waals surface area contributed by atoms with Crippen molar-refractivity contribution in [3.63, 3.8) is 0 Å². The van der Waals surface area contributed by atoms with Crippen LogP contribution >= 0.6 is 0 Å². The lowest BCUT2D eigenvalue weighted by atomic mass is 10.0. The van der Waals surface area contributed by atoms with Crippen molar-refractivity contribution in [3.05, 3.63) is 95.9 Å². The van der Waals surface area contributed by atoms with Gasteiger partial charge < -0.3 is 4.74 Å². The van der Waals surface area contributed by atoms with E-state index in [1.165, 1.54) is 0 Å². The quantitative estimate of drug-likeness (QED) is 0.538. The molecule has 4 nitrogen and oxygen atoms in total. The zero-order chi connectivity index (χ0) is 17.1. The lowest BCUT2D eigenvalue weighted by Gasteiger charge is -2.03. The van der Waals surface area contributed by atoms with Crippen molar-refractivity contribution in [2.75, 3.05) is 0 Å². The number of ether oxygens (including phenoxy) is 1. The zero-order valence-electron chi connectivity index (χ0n) is 13.3. The first-order chi connectivity index (χ1) is 12.3. The molecule has 4 heteroatoms. The molecule has 0 spiro atoms. The maximum Gasteiger partial charge on any atom is 0.363 e. The third kappa shape index (κ3) is 3.23. The van der Waals surface area contributed by atoms with Crippen molar-refractivity contribution in [1.82, 2.24) is 4.98 Å². The Morgan fingerprint density at radius 2 is 1.52 bits per heavy atom. The number of hydrogen-bond donors (Lipinski definition) is 0. The van der Waals surface area contributed by atoms with Gasteiger partial charge in [0.15, 0.2) is 5.70 Å². The second kappa shape index (κ2) is 6.53. The van der Waals surface area contributed by atoms with Crippen LogP contribution in [0.1, 0.15) is 11.1 Å². The molecule has 0 radical (unpaired) electrons. The van der Waals surface area contributed by atoms with Crippen LogP contribution < -0.4 is 0 Å². The highest BCUT2D eigenvalue weighted by Crippen LogP contribution is 2.22. The van der Waals surface area contributed by atoms with Crippen LogP contribution in [0.5, 0.6) is 0 Å². The maximum atomic E-state index is 12.0. The topological polar surface area (TPSA) is 51.5 Å². The Kier molecular flexibility index (Phi) is 3.92. The van der Waals surface area contributed by atoms with E-state index in [0.717, 1.165) is 22.3 Å². The first-order valence-electron chi connectivity index (χ1n) is 7.88. The molecule has 2 aromatic carbocycles. The van der Waals surface area contributed by atoms with Gasteiger partial charge in [-0.3, -0.25) is 4.98 Å². The van der Waals surface area contributed by atoms with Crippen molar-refractivity contribution in [2.45, 2.75) is 0 Å². The molecule has 1 aliphatic rings. The molecule has 0 bridgehead atoms. The van der Waals surface area contributed by atoms with Crippen LogP contribution in [0.25, 0.3) is 17.2 Å². The first-order valence-corrected chi connectivity index (χ1v) is 7.88. The predicted molar refractivity (Wildman–Crippen MR) is 96.7 cm³/mol. The lowest BCUT2D eigenvalue weighted by molar-refractivity contribution is -0.129. The molecular formula is C21H14N2O2. The van der Waals surface area contributed by atoms with E-state index in [9.17, 15) is 4.79 Å². The summed E-state index contributed by atoms with van der Waals surface area (Å²) in [6, 6.07) is 21.5. The van der Waals surface area contributed by atoms with E-state index in [-0.39, 0.29) is 5.70 Å². The van der Waals surface area contributed by atoms with Crippen molar-refractivity contribution in [1.29, 1.82) is 0 Å². The van der Waals surface area contributed by atoms with Crippen molar-refractivity contribution in [2.24, 2.45) is 4.99 Å². The van der Waals surface area contributed by atoms with Crippen LogP contribution in [0, 0.1) is 0 Å². The van der Waals surface area contributed by atoms with Gasteiger partial charge in [0.05, 0.1) is 0 Å². The highest BCUT2D eigenvalue weighted by atomic mass is 16.6. The molecule has 0 saturated heterocycles. The van der Waals surface area contributed by atoms with E-state index in [2.05, 4.69) is 22.1 Å². The molecule has 1 aromatic heterocycles. The monoisotopic (exact) mass is 326 g/mol. The van der Waals surface area contributed by atoms with E-state index in [1.807, 2.05) is 48.5 Å². The minimum atomic E-state index is -0.453. The van der Waals surface area contributed by atoms with Gasteiger partial charge in [-0.2, -0.15) is 0 Å². The fourth-order valence-electron chi connectivity index (χ4n) is 2.59. The Hall–Kier alpha value is -3.53. The Balaban J connectivity index is 1.61. The predicted octanol–water partition coefficient (Wildman–Crippen LogP) is 4.09. The van der Waals surface area contributed by atoms with Gasteiger partial charge in [0, 0.05) is 18.0 Å². The van der Waals surface area contributed by atoms with Gasteiger partial charge in [-0.15, -0.1) is 0 Å². The van der Waals surface area contributed by atoms with Gasteiger partial charge in [0.2, 0.25) is 5.90 Å². The van der Waals surface area contributed by atoms with Crippen LogP contribution in [0.15, 0.2) is 89.8 Å². The largest absolute Gasteiger partial charge is 0.402 e. The Morgan fingerprint density at radius 1 is 0.800 bits per heavy atom. The zero-order valence-corrected chi connectivity index (χ0v) is 13.3. The molecule has 0 saturated carbocycles. The molecule has 0 unspecified atom stereocenters. The summed E-state index contributed by atoms with van der Waals surface area (Å²) in [5.41, 5.74) is 4.08. The minimum Gasteiger partial charge on any atom is -0.402 e. The SMILES string of the molecule is O=C1OC(c2ccc(-c3ccccc3)cc2)=NC1=Cc1cccnc1. The maximum absolute atomic E-state index is 12.0. The van der Waals surface area contributed by atoms with Crippen LogP contribution in [0.3, 0.4) is 0 Å². The summed E-state index contributed by atoms with van der Waals surface area (Å²) in [5.74, 6) is -0.134. The molecule has 3 aromatic rings. The summed E-state index contributed by atoms with van der Waals surface area (Å²) in [6.45, 7) is 0. The summed E-state index contributed by atoms with van der Waals surface area (Å²) in [7, 11) is 0. The van der Waals surface area contributed by atoms with Gasteiger partial charge in [0.1, 0.15) is 0 Å². The number of hydrogen-bond acceptors (Lipinski definition) is 4. The minimum absolute atomic E-state index is 0.273. The molecule has 120 valence electrons. The summed E-state index contributed by atoms with van der Waals surface area (Å²) in [5, 5.41) is 0. The second-order valence-electron chi connectivity index (χ2n) is 5.57. The molecule has 25 heavy (non-hydrogen) atoms. The normalized spacial score (nSPS) is 15.1. The first kappa shape index (κ1) is 15.0. The number of aromatic nitrogens is 1. The average molecular weight is 326 g/mol. The van der Waals surface area contributed by atoms with Crippen LogP contribution in [0.2, 0.25) is 0 Å². The van der Waals surface area contributed by atoms with Crippen molar-refractivity contribution in [3.8, 4) is 11.1 Å². The van der Waals surface area contributed by atoms with E-state index in [1.54, 1.807) is 24.5 Å². The molecular weight excluding hydrogens is 312 g/mol. The smallest absolute Gasteiger partial charge is 0.363 e. The van der Waals surface area contributed by atoms with Crippen LogP contribution in [-0.2, 0) is 9.53 Å². The van der Waals surface area contributed by atoms with Crippen LogP contribution in [0.4, 0.5) is 0 Å². The fraction of sp³-hybridized carbons (Fsp3) is 0. The molecule has 0 fully saturated rings. The Morgan fingerprint density at radius 3 is 2.24 bits per heavy atom. The molecule has 0 atom stereocenters. The van der Waals surface area contributed by atoms with Crippen molar-refractivity contribution < 1.29 is 9.53 Å². The number of carbonyl (C=O) groups excluding carboxylic acids is 1. The lowest BCUT2D eigenvalue weighted by Crippen LogP contribution is -2.05. The molecule has 2 heterocycles. The number of carbonyl (C=O) groups is 1. The number of rotatable bonds is 3. The summed E-state index contributed by atoms with van der Waals surface area (Å²) in [4.78, 5) is 20.4. The van der Waals surface area contributed by atoms with Crippen LogP contribution in [-0.4, -0.2) is 16.9 Å². The fourth-order valence-corrected chi connectivity index (χ4v) is 2.59. The third-order valence-electron chi connectivity index (χ3n) is 3.85. The van der Waals surface area contributed by atoms with Gasteiger partial charge >= 0.3 is 5.97 Å². The number of benzene rings is 2. The Labute approximate surface area is 145 Å². The van der Waals surface area contributed by atoms with E-state index in [0.29, 0.717) is 5.90 Å². The number of nitrogens with zero attached hydrogens (tertiary/aromatic N) is 2. The molecule has 0 aliphatic carbocycles. The van der Waals surface area contributed by atoms with Gasteiger partial charge in [-0.1, -0.05) is 48.5 Å². The van der Waals surface area contributed by atoms with Crippen molar-refractivity contribution >= 4 is 17.9 Å². The van der Waals surface area contributed by atoms with E-state index < -0.39 is 5.97 Å². The Bertz CT molecular complexity index is 960. The number of aliphatic imine (C=N–C) groups is 1. The summed E-state index contributed by atoms with van der Waals surface area (Å²) < 4.78 is 5.30. The highest BCUT2D eigenvalue weighted by molar-refractivity contribution is 6.12. The summed E-state index contributed by atoms with van der Waals surface area (Å²) >= 11 is 0. The molecule has 0 N–H and O–H groups in total. The number of pyridine rings is 1.